The molecule has 0 unspecified atom stereocenters. The van der Waals surface area contributed by atoms with E-state index in [1.54, 1.807) is 0 Å². The van der Waals surface area contributed by atoms with Crippen molar-refractivity contribution in [3.8, 4) is 0 Å². The standard InChI is InChI=1S/C10H15N5S/c11-8-7-10(15-16-14-8)13-9(12-7)6-4-2-1-3-5-6/h6,15H,1-5H2,(H2,11,14)(H,12,13). The Morgan fingerprint density at radius 3 is 2.81 bits per heavy atom. The summed E-state index contributed by atoms with van der Waals surface area (Å²) >= 11 is 1.24. The molecule has 0 saturated heterocycles. The average molecular weight is 237 g/mol. The van der Waals surface area contributed by atoms with E-state index in [0.29, 0.717) is 11.8 Å². The molecule has 2 heterocycles. The molecule has 1 aromatic rings. The average Bonchev–Trinajstić information content (AvgIpc) is 2.76. The topological polar surface area (TPSA) is 79.1 Å². The highest BCUT2D eigenvalue weighted by molar-refractivity contribution is 7.99. The van der Waals surface area contributed by atoms with E-state index >= 15 is 0 Å². The summed E-state index contributed by atoms with van der Waals surface area (Å²) in [5, 5.41) is 0. The summed E-state index contributed by atoms with van der Waals surface area (Å²) in [5.74, 6) is 3.00. The number of nitrogens with one attached hydrogen (secondary N) is 2. The van der Waals surface area contributed by atoms with E-state index in [9.17, 15) is 0 Å². The first-order valence-corrected chi connectivity index (χ1v) is 6.47. The molecular weight excluding hydrogens is 222 g/mol. The van der Waals surface area contributed by atoms with E-state index in [1.165, 1.54) is 44.2 Å². The summed E-state index contributed by atoms with van der Waals surface area (Å²) < 4.78 is 7.12. The summed E-state index contributed by atoms with van der Waals surface area (Å²) in [6.07, 6.45) is 6.44. The first-order valence-electron chi connectivity index (χ1n) is 5.70. The Kier molecular flexibility index (Phi) is 2.51. The van der Waals surface area contributed by atoms with E-state index in [4.69, 9.17) is 5.73 Å². The van der Waals surface area contributed by atoms with Crippen molar-refractivity contribution >= 4 is 23.8 Å². The molecule has 6 heteroatoms. The summed E-state index contributed by atoms with van der Waals surface area (Å²) in [6, 6.07) is 0. The van der Waals surface area contributed by atoms with Crippen molar-refractivity contribution < 1.29 is 0 Å². The van der Waals surface area contributed by atoms with Crippen LogP contribution in [0.15, 0.2) is 4.40 Å². The summed E-state index contributed by atoms with van der Waals surface area (Å²) in [5.41, 5.74) is 6.65. The smallest absolute Gasteiger partial charge is 0.167 e. The zero-order chi connectivity index (χ0) is 11.0. The molecule has 0 amide bonds. The molecule has 0 atom stereocenters. The molecule has 3 rings (SSSR count). The third-order valence-corrected chi connectivity index (χ3v) is 3.83. The second-order valence-corrected chi connectivity index (χ2v) is 4.92. The lowest BCUT2D eigenvalue weighted by molar-refractivity contribution is 0.431. The quantitative estimate of drug-likeness (QED) is 0.654. The van der Waals surface area contributed by atoms with Gasteiger partial charge in [0.1, 0.15) is 11.5 Å². The lowest BCUT2D eigenvalue weighted by Crippen LogP contribution is -2.17. The van der Waals surface area contributed by atoms with Gasteiger partial charge in [0, 0.05) is 5.92 Å². The first-order chi connectivity index (χ1) is 7.84. The van der Waals surface area contributed by atoms with E-state index in [2.05, 4.69) is 19.1 Å². The van der Waals surface area contributed by atoms with Crippen LogP contribution in [-0.4, -0.2) is 15.8 Å². The van der Waals surface area contributed by atoms with Crippen LogP contribution in [0.25, 0.3) is 0 Å². The fourth-order valence-electron chi connectivity index (χ4n) is 2.38. The number of rotatable bonds is 1. The minimum absolute atomic E-state index is 0.535. The SMILES string of the molecule is NC1=NSNc2nc(C3CCCCC3)[nH]c21. The van der Waals surface area contributed by atoms with Crippen molar-refractivity contribution in [1.29, 1.82) is 0 Å². The van der Waals surface area contributed by atoms with Gasteiger partial charge in [-0.15, -0.1) is 0 Å². The Balaban J connectivity index is 1.89. The van der Waals surface area contributed by atoms with E-state index in [1.807, 2.05) is 0 Å². The number of nitrogens with zero attached hydrogens (tertiary/aromatic N) is 2. The van der Waals surface area contributed by atoms with Crippen molar-refractivity contribution in [2.75, 3.05) is 4.72 Å². The number of hydrogen-bond acceptors (Lipinski definition) is 5. The number of hydrogen-bond donors (Lipinski definition) is 3. The molecule has 86 valence electrons. The van der Waals surface area contributed by atoms with Gasteiger partial charge in [0.05, 0.1) is 12.1 Å². The Hall–Kier alpha value is -1.17. The number of aromatic nitrogens is 2. The fourth-order valence-corrected chi connectivity index (χ4v) is 2.85. The van der Waals surface area contributed by atoms with Gasteiger partial charge >= 0.3 is 0 Å². The second-order valence-electron chi connectivity index (χ2n) is 4.35. The van der Waals surface area contributed by atoms with Crippen molar-refractivity contribution in [2.45, 2.75) is 38.0 Å². The number of aromatic amines is 1. The molecule has 16 heavy (non-hydrogen) atoms. The van der Waals surface area contributed by atoms with E-state index < -0.39 is 0 Å². The molecule has 0 spiro atoms. The molecule has 1 aromatic heterocycles. The van der Waals surface area contributed by atoms with Gasteiger partial charge in [0.15, 0.2) is 11.7 Å². The summed E-state index contributed by atoms with van der Waals surface area (Å²) in [6.45, 7) is 0. The van der Waals surface area contributed by atoms with Gasteiger partial charge in [-0.05, 0) is 12.8 Å². The van der Waals surface area contributed by atoms with Gasteiger partial charge in [-0.1, -0.05) is 19.3 Å². The number of amidine groups is 1. The molecule has 5 nitrogen and oxygen atoms in total. The van der Waals surface area contributed by atoms with Gasteiger partial charge in [-0.2, -0.15) is 4.40 Å². The van der Waals surface area contributed by atoms with Crippen molar-refractivity contribution in [3.05, 3.63) is 11.5 Å². The van der Waals surface area contributed by atoms with Crippen LogP contribution in [0.4, 0.5) is 5.82 Å². The maximum absolute atomic E-state index is 5.81. The first kappa shape index (κ1) is 10.0. The molecule has 1 fully saturated rings. The number of imidazole rings is 1. The number of fused-ring (bicyclic) bond motifs is 1. The van der Waals surface area contributed by atoms with Crippen LogP contribution in [0.3, 0.4) is 0 Å². The maximum atomic E-state index is 5.81. The monoisotopic (exact) mass is 237 g/mol. The lowest BCUT2D eigenvalue weighted by atomic mass is 9.89. The van der Waals surface area contributed by atoms with E-state index in [-0.39, 0.29) is 0 Å². The maximum Gasteiger partial charge on any atom is 0.167 e. The minimum Gasteiger partial charge on any atom is -0.381 e. The third-order valence-electron chi connectivity index (χ3n) is 3.26. The van der Waals surface area contributed by atoms with Gasteiger partial charge < -0.3 is 10.7 Å². The van der Waals surface area contributed by atoms with Crippen LogP contribution in [0.1, 0.15) is 49.5 Å². The van der Waals surface area contributed by atoms with Crippen LogP contribution in [0, 0.1) is 0 Å². The molecular formula is C10H15N5S. The number of nitrogens with two attached hydrogens (primary N) is 1. The van der Waals surface area contributed by atoms with Crippen LogP contribution < -0.4 is 10.5 Å². The zero-order valence-corrected chi connectivity index (χ0v) is 9.81. The summed E-state index contributed by atoms with van der Waals surface area (Å²) in [4.78, 5) is 7.89. The molecule has 1 aliphatic heterocycles. The Morgan fingerprint density at radius 2 is 2.06 bits per heavy atom. The molecule has 1 saturated carbocycles. The van der Waals surface area contributed by atoms with Gasteiger partial charge in [0.25, 0.3) is 0 Å². The van der Waals surface area contributed by atoms with Gasteiger partial charge in [-0.3, -0.25) is 4.72 Å². The molecule has 0 aromatic carbocycles. The highest BCUT2D eigenvalue weighted by Crippen LogP contribution is 2.33. The Bertz CT molecular complexity index is 419. The third kappa shape index (κ3) is 1.67. The van der Waals surface area contributed by atoms with Crippen molar-refractivity contribution in [2.24, 2.45) is 10.1 Å². The highest BCUT2D eigenvalue weighted by Gasteiger charge is 2.23. The molecule has 0 radical (unpaired) electrons. The highest BCUT2D eigenvalue weighted by atomic mass is 32.2. The van der Waals surface area contributed by atoms with Crippen LogP contribution in [0.2, 0.25) is 0 Å². The fraction of sp³-hybridized carbons (Fsp3) is 0.600. The molecule has 4 N–H and O–H groups in total. The van der Waals surface area contributed by atoms with Crippen LogP contribution >= 0.6 is 12.1 Å². The van der Waals surface area contributed by atoms with E-state index in [0.717, 1.165) is 17.3 Å². The number of anilines is 1. The molecule has 1 aliphatic carbocycles. The predicted molar refractivity (Wildman–Crippen MR) is 66.4 cm³/mol. The van der Waals surface area contributed by atoms with Crippen LogP contribution in [-0.2, 0) is 0 Å². The lowest BCUT2D eigenvalue weighted by Gasteiger charge is -2.19. The number of H-pyrrole nitrogens is 1. The zero-order valence-electron chi connectivity index (χ0n) is 8.99. The van der Waals surface area contributed by atoms with Crippen molar-refractivity contribution in [3.63, 3.8) is 0 Å². The molecule has 2 aliphatic rings. The summed E-state index contributed by atoms with van der Waals surface area (Å²) in [7, 11) is 0. The second kappa shape index (κ2) is 4.01. The predicted octanol–water partition coefficient (Wildman–Crippen LogP) is 2.15. The Labute approximate surface area is 98.6 Å². The Morgan fingerprint density at radius 1 is 1.25 bits per heavy atom. The van der Waals surface area contributed by atoms with Gasteiger partial charge in [-0.25, -0.2) is 4.98 Å². The van der Waals surface area contributed by atoms with Crippen molar-refractivity contribution in [1.82, 2.24) is 9.97 Å². The van der Waals surface area contributed by atoms with Gasteiger partial charge in [0.2, 0.25) is 0 Å². The molecule has 0 bridgehead atoms. The minimum atomic E-state index is 0.535. The van der Waals surface area contributed by atoms with Crippen LogP contribution in [0.5, 0.6) is 0 Å². The largest absolute Gasteiger partial charge is 0.381 e. The normalized spacial score (nSPS) is 21.1.